The highest BCUT2D eigenvalue weighted by Crippen LogP contribution is 2.17. The standard InChI is InChI=1S/C15H20N2O3/c1-20-15(19)13(11-6-3-2-4-7-11)17-14(18)12-8-5-9-16-10-12/h2-4,6-7,12-13,16H,5,8-10H2,1H3,(H,17,18)/t12-,13?/m0/s1. The van der Waals surface area contributed by atoms with Gasteiger partial charge in [-0.15, -0.1) is 0 Å². The van der Waals surface area contributed by atoms with Gasteiger partial charge in [-0.2, -0.15) is 0 Å². The lowest BCUT2D eigenvalue weighted by Gasteiger charge is -2.24. The van der Waals surface area contributed by atoms with E-state index in [9.17, 15) is 9.59 Å². The van der Waals surface area contributed by atoms with Crippen molar-refractivity contribution in [2.45, 2.75) is 18.9 Å². The van der Waals surface area contributed by atoms with Crippen LogP contribution in [-0.4, -0.2) is 32.1 Å². The highest BCUT2D eigenvalue weighted by Gasteiger charge is 2.28. The molecule has 0 bridgehead atoms. The number of nitrogens with one attached hydrogen (secondary N) is 2. The van der Waals surface area contributed by atoms with Crippen molar-refractivity contribution in [3.63, 3.8) is 0 Å². The summed E-state index contributed by atoms with van der Waals surface area (Å²) in [5.74, 6) is -0.635. The first kappa shape index (κ1) is 14.5. The van der Waals surface area contributed by atoms with Gasteiger partial charge < -0.3 is 15.4 Å². The largest absolute Gasteiger partial charge is 0.467 e. The highest BCUT2D eigenvalue weighted by molar-refractivity contribution is 5.86. The summed E-state index contributed by atoms with van der Waals surface area (Å²) in [6.07, 6.45) is 1.83. The van der Waals surface area contributed by atoms with E-state index in [2.05, 4.69) is 10.6 Å². The Labute approximate surface area is 118 Å². The third-order valence-electron chi connectivity index (χ3n) is 3.52. The minimum Gasteiger partial charge on any atom is -0.467 e. The fourth-order valence-corrected chi connectivity index (χ4v) is 2.38. The molecule has 0 saturated carbocycles. The van der Waals surface area contributed by atoms with Crippen LogP contribution in [0.25, 0.3) is 0 Å². The number of rotatable bonds is 4. The SMILES string of the molecule is COC(=O)C(NC(=O)[C@H]1CCCNC1)c1ccccc1. The molecule has 2 N–H and O–H groups in total. The van der Waals surface area contributed by atoms with Crippen molar-refractivity contribution in [1.29, 1.82) is 0 Å². The normalized spacial score (nSPS) is 19.9. The number of hydrogen-bond acceptors (Lipinski definition) is 4. The van der Waals surface area contributed by atoms with E-state index in [-0.39, 0.29) is 11.8 Å². The summed E-state index contributed by atoms with van der Waals surface area (Å²) >= 11 is 0. The molecule has 0 spiro atoms. The molecule has 1 aromatic rings. The summed E-state index contributed by atoms with van der Waals surface area (Å²) in [7, 11) is 1.33. The number of benzene rings is 1. The fraction of sp³-hybridized carbons (Fsp3) is 0.467. The van der Waals surface area contributed by atoms with Gasteiger partial charge in [0.1, 0.15) is 0 Å². The zero-order valence-corrected chi connectivity index (χ0v) is 11.6. The number of hydrogen-bond donors (Lipinski definition) is 2. The van der Waals surface area contributed by atoms with Crippen molar-refractivity contribution in [2.24, 2.45) is 5.92 Å². The molecular formula is C15H20N2O3. The Morgan fingerprint density at radius 1 is 1.35 bits per heavy atom. The topological polar surface area (TPSA) is 67.4 Å². The molecular weight excluding hydrogens is 256 g/mol. The molecule has 1 aliphatic heterocycles. The van der Waals surface area contributed by atoms with Crippen LogP contribution in [0.3, 0.4) is 0 Å². The van der Waals surface area contributed by atoms with Gasteiger partial charge >= 0.3 is 5.97 Å². The molecule has 20 heavy (non-hydrogen) atoms. The highest BCUT2D eigenvalue weighted by atomic mass is 16.5. The van der Waals surface area contributed by atoms with Crippen LogP contribution >= 0.6 is 0 Å². The summed E-state index contributed by atoms with van der Waals surface area (Å²) in [6, 6.07) is 8.40. The lowest BCUT2D eigenvalue weighted by atomic mass is 9.97. The summed E-state index contributed by atoms with van der Waals surface area (Å²) in [5, 5.41) is 6.00. The van der Waals surface area contributed by atoms with Gasteiger partial charge in [-0.1, -0.05) is 30.3 Å². The van der Waals surface area contributed by atoms with Crippen molar-refractivity contribution in [2.75, 3.05) is 20.2 Å². The van der Waals surface area contributed by atoms with E-state index in [1.807, 2.05) is 18.2 Å². The molecule has 1 amide bonds. The molecule has 1 aromatic carbocycles. The average molecular weight is 276 g/mol. The first-order chi connectivity index (χ1) is 9.72. The van der Waals surface area contributed by atoms with Crippen molar-refractivity contribution in [3.8, 4) is 0 Å². The molecule has 5 heteroatoms. The fourth-order valence-electron chi connectivity index (χ4n) is 2.38. The van der Waals surface area contributed by atoms with Crippen LogP contribution in [0.4, 0.5) is 0 Å². The third kappa shape index (κ3) is 3.57. The molecule has 2 rings (SSSR count). The van der Waals surface area contributed by atoms with Crippen molar-refractivity contribution in [3.05, 3.63) is 35.9 Å². The molecule has 5 nitrogen and oxygen atoms in total. The van der Waals surface area contributed by atoms with Gasteiger partial charge in [0.05, 0.1) is 13.0 Å². The van der Waals surface area contributed by atoms with Gasteiger partial charge in [-0.3, -0.25) is 4.79 Å². The zero-order chi connectivity index (χ0) is 14.4. The number of amides is 1. The molecule has 1 fully saturated rings. The maximum Gasteiger partial charge on any atom is 0.333 e. The Hall–Kier alpha value is -1.88. The lowest BCUT2D eigenvalue weighted by molar-refractivity contribution is -0.145. The average Bonchev–Trinajstić information content (AvgIpc) is 2.53. The van der Waals surface area contributed by atoms with Gasteiger partial charge in [0, 0.05) is 6.54 Å². The second-order valence-corrected chi connectivity index (χ2v) is 4.92. The number of methoxy groups -OCH3 is 1. The molecule has 0 radical (unpaired) electrons. The maximum atomic E-state index is 12.2. The van der Waals surface area contributed by atoms with Crippen LogP contribution in [0, 0.1) is 5.92 Å². The number of esters is 1. The molecule has 1 aliphatic rings. The summed E-state index contributed by atoms with van der Waals surface area (Å²) in [4.78, 5) is 24.1. The molecule has 0 aliphatic carbocycles. The lowest BCUT2D eigenvalue weighted by Crippen LogP contribution is -2.43. The van der Waals surface area contributed by atoms with Gasteiger partial charge in [-0.05, 0) is 24.9 Å². The van der Waals surface area contributed by atoms with Gasteiger partial charge in [-0.25, -0.2) is 4.79 Å². The van der Waals surface area contributed by atoms with Crippen molar-refractivity contribution >= 4 is 11.9 Å². The van der Waals surface area contributed by atoms with Gasteiger partial charge in [0.2, 0.25) is 5.91 Å². The Morgan fingerprint density at radius 3 is 2.70 bits per heavy atom. The quantitative estimate of drug-likeness (QED) is 0.806. The molecule has 108 valence electrons. The molecule has 1 heterocycles. The van der Waals surface area contributed by atoms with Crippen LogP contribution in [0.1, 0.15) is 24.4 Å². The van der Waals surface area contributed by atoms with Crippen LogP contribution in [0.15, 0.2) is 30.3 Å². The Balaban J connectivity index is 2.08. The summed E-state index contributed by atoms with van der Waals surface area (Å²) < 4.78 is 4.79. The second kappa shape index (κ2) is 7.05. The number of carbonyl (C=O) groups excluding carboxylic acids is 2. The number of ether oxygens (including phenoxy) is 1. The van der Waals surface area contributed by atoms with Gasteiger partial charge in [0.15, 0.2) is 6.04 Å². The first-order valence-electron chi connectivity index (χ1n) is 6.86. The smallest absolute Gasteiger partial charge is 0.333 e. The van der Waals surface area contributed by atoms with Crippen molar-refractivity contribution < 1.29 is 14.3 Å². The Kier molecular flexibility index (Phi) is 5.12. The minimum absolute atomic E-state index is 0.0837. The third-order valence-corrected chi connectivity index (χ3v) is 3.52. The van der Waals surface area contributed by atoms with E-state index in [1.54, 1.807) is 12.1 Å². The predicted molar refractivity (Wildman–Crippen MR) is 74.9 cm³/mol. The Morgan fingerprint density at radius 2 is 2.10 bits per heavy atom. The van der Waals surface area contributed by atoms with Crippen molar-refractivity contribution in [1.82, 2.24) is 10.6 Å². The van der Waals surface area contributed by atoms with E-state index in [1.165, 1.54) is 7.11 Å². The summed E-state index contributed by atoms with van der Waals surface area (Å²) in [5.41, 5.74) is 0.733. The Bertz CT molecular complexity index is 455. The number of piperidine rings is 1. The predicted octanol–water partition coefficient (Wildman–Crippen LogP) is 1.02. The van der Waals surface area contributed by atoms with Crippen LogP contribution in [0.5, 0.6) is 0 Å². The van der Waals surface area contributed by atoms with E-state index < -0.39 is 12.0 Å². The van der Waals surface area contributed by atoms with Gasteiger partial charge in [0.25, 0.3) is 0 Å². The summed E-state index contributed by atoms with van der Waals surface area (Å²) in [6.45, 7) is 1.61. The molecule has 0 aromatic heterocycles. The molecule has 1 saturated heterocycles. The van der Waals surface area contributed by atoms with Crippen LogP contribution in [-0.2, 0) is 14.3 Å². The first-order valence-corrected chi connectivity index (χ1v) is 6.86. The van der Waals surface area contributed by atoms with Crippen LogP contribution in [0.2, 0.25) is 0 Å². The number of carbonyl (C=O) groups is 2. The molecule has 1 unspecified atom stereocenters. The van der Waals surface area contributed by atoms with E-state index in [0.717, 1.165) is 24.9 Å². The second-order valence-electron chi connectivity index (χ2n) is 4.92. The van der Waals surface area contributed by atoms with E-state index >= 15 is 0 Å². The maximum absolute atomic E-state index is 12.2. The monoisotopic (exact) mass is 276 g/mol. The van der Waals surface area contributed by atoms with E-state index in [4.69, 9.17) is 4.74 Å². The van der Waals surface area contributed by atoms with E-state index in [0.29, 0.717) is 6.54 Å². The molecule has 2 atom stereocenters. The minimum atomic E-state index is -0.740. The zero-order valence-electron chi connectivity index (χ0n) is 11.6. The van der Waals surface area contributed by atoms with Crippen LogP contribution < -0.4 is 10.6 Å².